The van der Waals surface area contributed by atoms with Crippen molar-refractivity contribution in [1.29, 1.82) is 5.26 Å². The number of aryl methyl sites for hydroxylation is 1. The van der Waals surface area contributed by atoms with Crippen molar-refractivity contribution in [2.75, 3.05) is 13.2 Å². The first-order valence-electron chi connectivity index (χ1n) is 7.62. The number of rotatable bonds is 6. The zero-order valence-electron chi connectivity index (χ0n) is 14.2. The first kappa shape index (κ1) is 17.5. The van der Waals surface area contributed by atoms with E-state index < -0.39 is 5.54 Å². The predicted molar refractivity (Wildman–Crippen MR) is 87.7 cm³/mol. The number of ether oxygens (including phenoxy) is 1. The summed E-state index contributed by atoms with van der Waals surface area (Å²) in [6.45, 7) is 13.9. The molecule has 21 heavy (non-hydrogen) atoms. The van der Waals surface area contributed by atoms with E-state index in [0.29, 0.717) is 13.0 Å². The fourth-order valence-corrected chi connectivity index (χ4v) is 2.31. The third kappa shape index (κ3) is 5.06. The summed E-state index contributed by atoms with van der Waals surface area (Å²) >= 11 is 0. The quantitative estimate of drug-likeness (QED) is 0.862. The molecule has 0 aliphatic heterocycles. The molecule has 0 heterocycles. The second kappa shape index (κ2) is 6.95. The van der Waals surface area contributed by atoms with Crippen LogP contribution in [0.2, 0.25) is 0 Å². The highest BCUT2D eigenvalue weighted by Gasteiger charge is 2.23. The molecular weight excluding hydrogens is 260 g/mol. The van der Waals surface area contributed by atoms with Crippen LogP contribution in [-0.4, -0.2) is 18.7 Å². The number of hydrogen-bond donors (Lipinski definition) is 1. The van der Waals surface area contributed by atoms with Gasteiger partial charge in [0.05, 0.1) is 12.7 Å². The molecule has 0 radical (unpaired) electrons. The smallest absolute Gasteiger partial charge is 0.123 e. The molecule has 0 saturated carbocycles. The van der Waals surface area contributed by atoms with E-state index in [-0.39, 0.29) is 5.41 Å². The lowest BCUT2D eigenvalue weighted by Gasteiger charge is -2.25. The first-order valence-corrected chi connectivity index (χ1v) is 7.62. The number of benzene rings is 1. The van der Waals surface area contributed by atoms with Gasteiger partial charge in [0.1, 0.15) is 11.3 Å². The average molecular weight is 288 g/mol. The van der Waals surface area contributed by atoms with Gasteiger partial charge in [0.2, 0.25) is 0 Å². The molecule has 1 rings (SSSR count). The number of hydrogen-bond acceptors (Lipinski definition) is 3. The summed E-state index contributed by atoms with van der Waals surface area (Å²) < 4.78 is 6.00. The van der Waals surface area contributed by atoms with Crippen LogP contribution in [0.3, 0.4) is 0 Å². The van der Waals surface area contributed by atoms with Crippen molar-refractivity contribution in [3.05, 3.63) is 29.3 Å². The molecule has 1 atom stereocenters. The largest absolute Gasteiger partial charge is 0.493 e. The van der Waals surface area contributed by atoms with Gasteiger partial charge in [0.15, 0.2) is 0 Å². The Morgan fingerprint density at radius 2 is 1.90 bits per heavy atom. The van der Waals surface area contributed by atoms with Crippen LogP contribution in [0.5, 0.6) is 5.75 Å². The zero-order valence-corrected chi connectivity index (χ0v) is 14.2. The molecule has 1 aromatic rings. The SMILES string of the molecule is CCNC(C)(C#N)CCOc1cc(C)ccc1C(C)(C)C. The summed E-state index contributed by atoms with van der Waals surface area (Å²) in [5, 5.41) is 12.5. The first-order chi connectivity index (χ1) is 9.72. The van der Waals surface area contributed by atoms with Crippen molar-refractivity contribution in [1.82, 2.24) is 5.32 Å². The monoisotopic (exact) mass is 288 g/mol. The van der Waals surface area contributed by atoms with E-state index in [1.807, 2.05) is 13.8 Å². The summed E-state index contributed by atoms with van der Waals surface area (Å²) in [6, 6.07) is 8.67. The maximum atomic E-state index is 9.27. The molecule has 116 valence electrons. The molecule has 0 aliphatic carbocycles. The Labute approximate surface area is 129 Å². The Morgan fingerprint density at radius 3 is 2.43 bits per heavy atom. The maximum absolute atomic E-state index is 9.27. The van der Waals surface area contributed by atoms with Gasteiger partial charge >= 0.3 is 0 Å². The summed E-state index contributed by atoms with van der Waals surface area (Å²) in [5.74, 6) is 0.930. The number of nitrogens with one attached hydrogen (secondary N) is 1. The minimum Gasteiger partial charge on any atom is -0.493 e. The van der Waals surface area contributed by atoms with E-state index in [2.05, 4.69) is 57.3 Å². The van der Waals surface area contributed by atoms with Gasteiger partial charge in [-0.25, -0.2) is 0 Å². The maximum Gasteiger partial charge on any atom is 0.123 e. The summed E-state index contributed by atoms with van der Waals surface area (Å²) in [7, 11) is 0. The molecule has 0 bridgehead atoms. The molecule has 3 nitrogen and oxygen atoms in total. The lowest BCUT2D eigenvalue weighted by molar-refractivity contribution is 0.263. The Kier molecular flexibility index (Phi) is 5.80. The lowest BCUT2D eigenvalue weighted by atomic mass is 9.86. The van der Waals surface area contributed by atoms with Gasteiger partial charge in [-0.3, -0.25) is 5.32 Å². The number of nitrogens with zero attached hydrogens (tertiary/aromatic N) is 1. The topological polar surface area (TPSA) is 45.0 Å². The van der Waals surface area contributed by atoms with Crippen LogP contribution in [0.15, 0.2) is 18.2 Å². The second-order valence-corrected chi connectivity index (χ2v) is 6.82. The standard InChI is InChI=1S/C18H28N2O/c1-7-20-18(6,13-19)10-11-21-16-12-14(2)8-9-15(16)17(3,4)5/h8-9,12,20H,7,10-11H2,1-6H3. The molecule has 0 saturated heterocycles. The number of nitriles is 1. The minimum atomic E-state index is -0.527. The Balaban J connectivity index is 2.80. The summed E-state index contributed by atoms with van der Waals surface area (Å²) in [5.41, 5.74) is 1.91. The molecule has 0 spiro atoms. The Bertz CT molecular complexity index is 511. The van der Waals surface area contributed by atoms with Gasteiger partial charge in [-0.2, -0.15) is 5.26 Å². The highest BCUT2D eigenvalue weighted by Crippen LogP contribution is 2.32. The Morgan fingerprint density at radius 1 is 1.24 bits per heavy atom. The fourth-order valence-electron chi connectivity index (χ4n) is 2.31. The molecule has 0 aromatic heterocycles. The van der Waals surface area contributed by atoms with Crippen LogP contribution in [0.4, 0.5) is 0 Å². The van der Waals surface area contributed by atoms with Crippen LogP contribution >= 0.6 is 0 Å². The molecule has 0 fully saturated rings. The molecule has 0 aliphatic rings. The van der Waals surface area contributed by atoms with Gasteiger partial charge in [0, 0.05) is 6.42 Å². The fraction of sp³-hybridized carbons (Fsp3) is 0.611. The van der Waals surface area contributed by atoms with Gasteiger partial charge in [-0.1, -0.05) is 39.8 Å². The van der Waals surface area contributed by atoms with Crippen molar-refractivity contribution in [3.63, 3.8) is 0 Å². The molecule has 1 aromatic carbocycles. The normalized spacial score (nSPS) is 14.3. The molecule has 0 amide bonds. The van der Waals surface area contributed by atoms with Crippen molar-refractivity contribution in [3.8, 4) is 11.8 Å². The Hall–Kier alpha value is -1.53. The predicted octanol–water partition coefficient (Wildman–Crippen LogP) is 3.95. The summed E-state index contributed by atoms with van der Waals surface area (Å²) in [6.07, 6.45) is 0.662. The van der Waals surface area contributed by atoms with Crippen molar-refractivity contribution < 1.29 is 4.74 Å². The van der Waals surface area contributed by atoms with E-state index >= 15 is 0 Å². The summed E-state index contributed by atoms with van der Waals surface area (Å²) in [4.78, 5) is 0. The van der Waals surface area contributed by atoms with Gasteiger partial charge in [-0.05, 0) is 43.0 Å². The van der Waals surface area contributed by atoms with Crippen molar-refractivity contribution >= 4 is 0 Å². The van der Waals surface area contributed by atoms with Crippen LogP contribution in [0.1, 0.15) is 52.2 Å². The highest BCUT2D eigenvalue weighted by atomic mass is 16.5. The second-order valence-electron chi connectivity index (χ2n) is 6.82. The molecule has 1 unspecified atom stereocenters. The van der Waals surface area contributed by atoms with E-state index in [1.54, 1.807) is 0 Å². The van der Waals surface area contributed by atoms with Gasteiger partial charge in [0.25, 0.3) is 0 Å². The third-order valence-corrected chi connectivity index (χ3v) is 3.62. The average Bonchev–Trinajstić information content (AvgIpc) is 2.37. The lowest BCUT2D eigenvalue weighted by Crippen LogP contribution is -2.42. The van der Waals surface area contributed by atoms with Gasteiger partial charge in [-0.15, -0.1) is 0 Å². The molecule has 3 heteroatoms. The van der Waals surface area contributed by atoms with Crippen molar-refractivity contribution in [2.45, 2.75) is 58.9 Å². The van der Waals surface area contributed by atoms with Crippen LogP contribution in [-0.2, 0) is 5.41 Å². The molecule has 1 N–H and O–H groups in total. The van der Waals surface area contributed by atoms with E-state index in [4.69, 9.17) is 4.74 Å². The van der Waals surface area contributed by atoms with Crippen LogP contribution in [0.25, 0.3) is 0 Å². The van der Waals surface area contributed by atoms with E-state index in [0.717, 1.165) is 12.3 Å². The zero-order chi connectivity index (χ0) is 16.1. The van der Waals surface area contributed by atoms with E-state index in [9.17, 15) is 5.26 Å². The van der Waals surface area contributed by atoms with Crippen molar-refractivity contribution in [2.24, 2.45) is 0 Å². The van der Waals surface area contributed by atoms with Crippen LogP contribution < -0.4 is 10.1 Å². The van der Waals surface area contributed by atoms with Crippen LogP contribution in [0, 0.1) is 18.3 Å². The van der Waals surface area contributed by atoms with Gasteiger partial charge < -0.3 is 4.74 Å². The highest BCUT2D eigenvalue weighted by molar-refractivity contribution is 5.41. The third-order valence-electron chi connectivity index (χ3n) is 3.62. The van der Waals surface area contributed by atoms with E-state index in [1.165, 1.54) is 11.1 Å². The minimum absolute atomic E-state index is 0.0449. The molecular formula is C18H28N2O.